The maximum Gasteiger partial charge on any atom is 0.339 e. The van der Waals surface area contributed by atoms with E-state index in [2.05, 4.69) is 0 Å². The van der Waals surface area contributed by atoms with Gasteiger partial charge in [-0.05, 0) is 11.1 Å². The first kappa shape index (κ1) is 13.3. The SMILES string of the molecule is O=C([CH]OCc1ccccc1)OCc1ccccc1. The molecule has 3 nitrogen and oxygen atoms in total. The predicted molar refractivity (Wildman–Crippen MR) is 71.8 cm³/mol. The summed E-state index contributed by atoms with van der Waals surface area (Å²) in [5, 5.41) is 0. The molecule has 0 heterocycles. The van der Waals surface area contributed by atoms with Crippen molar-refractivity contribution >= 4 is 5.97 Å². The first-order chi connectivity index (χ1) is 9.34. The summed E-state index contributed by atoms with van der Waals surface area (Å²) in [7, 11) is 0. The van der Waals surface area contributed by atoms with E-state index < -0.39 is 5.97 Å². The number of carbonyl (C=O) groups is 1. The van der Waals surface area contributed by atoms with Crippen LogP contribution in [0.5, 0.6) is 0 Å². The third kappa shape index (κ3) is 4.94. The van der Waals surface area contributed by atoms with Gasteiger partial charge in [-0.25, -0.2) is 4.79 Å². The Hall–Kier alpha value is -2.13. The van der Waals surface area contributed by atoms with E-state index >= 15 is 0 Å². The number of hydrogen-bond donors (Lipinski definition) is 0. The lowest BCUT2D eigenvalue weighted by atomic mass is 10.2. The van der Waals surface area contributed by atoms with E-state index in [1.165, 1.54) is 0 Å². The number of benzene rings is 2. The van der Waals surface area contributed by atoms with Gasteiger partial charge in [-0.15, -0.1) is 0 Å². The molecule has 0 spiro atoms. The molecule has 0 unspecified atom stereocenters. The largest absolute Gasteiger partial charge is 0.459 e. The third-order valence-corrected chi connectivity index (χ3v) is 2.50. The van der Waals surface area contributed by atoms with Gasteiger partial charge in [0.05, 0.1) is 6.61 Å². The smallest absolute Gasteiger partial charge is 0.339 e. The van der Waals surface area contributed by atoms with Crippen LogP contribution in [0.15, 0.2) is 60.7 Å². The fourth-order valence-corrected chi connectivity index (χ4v) is 1.54. The van der Waals surface area contributed by atoms with Crippen molar-refractivity contribution in [2.45, 2.75) is 13.2 Å². The Balaban J connectivity index is 1.65. The Bertz CT molecular complexity index is 494. The van der Waals surface area contributed by atoms with Crippen molar-refractivity contribution in [2.75, 3.05) is 0 Å². The molecule has 0 aliphatic rings. The van der Waals surface area contributed by atoms with Crippen LogP contribution in [-0.4, -0.2) is 5.97 Å². The molecular formula is C16H15O3. The van der Waals surface area contributed by atoms with Crippen LogP contribution in [0.2, 0.25) is 0 Å². The van der Waals surface area contributed by atoms with E-state index in [9.17, 15) is 4.79 Å². The molecule has 19 heavy (non-hydrogen) atoms. The van der Waals surface area contributed by atoms with Gasteiger partial charge in [-0.3, -0.25) is 0 Å². The summed E-state index contributed by atoms with van der Waals surface area (Å²) < 4.78 is 10.2. The van der Waals surface area contributed by atoms with E-state index in [4.69, 9.17) is 9.47 Å². The van der Waals surface area contributed by atoms with Crippen LogP contribution in [0, 0.1) is 6.61 Å². The summed E-state index contributed by atoms with van der Waals surface area (Å²) in [5.74, 6) is -0.472. The third-order valence-electron chi connectivity index (χ3n) is 2.50. The minimum Gasteiger partial charge on any atom is -0.459 e. The molecule has 3 heteroatoms. The summed E-state index contributed by atoms with van der Waals surface area (Å²) in [4.78, 5) is 11.4. The standard InChI is InChI=1S/C16H15O3/c17-16(19-12-15-9-5-2-6-10-15)13-18-11-14-7-3-1-4-8-14/h1-10,13H,11-12H2. The Morgan fingerprint density at radius 1 is 0.842 bits per heavy atom. The number of rotatable bonds is 6. The molecule has 0 N–H and O–H groups in total. The highest BCUT2D eigenvalue weighted by Gasteiger charge is 2.04. The van der Waals surface area contributed by atoms with E-state index in [0.29, 0.717) is 6.61 Å². The van der Waals surface area contributed by atoms with E-state index in [1.54, 1.807) is 0 Å². The number of hydrogen-bond acceptors (Lipinski definition) is 3. The predicted octanol–water partition coefficient (Wildman–Crippen LogP) is 3.11. The van der Waals surface area contributed by atoms with Gasteiger partial charge in [0, 0.05) is 0 Å². The van der Waals surface area contributed by atoms with Crippen LogP contribution in [-0.2, 0) is 27.5 Å². The molecule has 0 aliphatic carbocycles. The molecule has 0 saturated carbocycles. The van der Waals surface area contributed by atoms with Gasteiger partial charge in [0.1, 0.15) is 6.61 Å². The molecule has 0 aromatic heterocycles. The van der Waals surface area contributed by atoms with Crippen molar-refractivity contribution in [3.05, 3.63) is 78.4 Å². The van der Waals surface area contributed by atoms with Gasteiger partial charge in [-0.1, -0.05) is 60.7 Å². The Morgan fingerprint density at radius 2 is 1.37 bits per heavy atom. The minimum absolute atomic E-state index is 0.255. The lowest BCUT2D eigenvalue weighted by Crippen LogP contribution is -2.07. The lowest BCUT2D eigenvalue weighted by Gasteiger charge is -2.05. The molecule has 0 fully saturated rings. The fraction of sp³-hybridized carbons (Fsp3) is 0.125. The molecule has 0 saturated heterocycles. The fourth-order valence-electron chi connectivity index (χ4n) is 1.54. The second kappa shape index (κ2) is 7.34. The number of esters is 1. The highest BCUT2D eigenvalue weighted by molar-refractivity contribution is 5.76. The van der Waals surface area contributed by atoms with Crippen molar-refractivity contribution < 1.29 is 14.3 Å². The molecule has 0 atom stereocenters. The summed E-state index contributed by atoms with van der Waals surface area (Å²) in [6, 6.07) is 19.2. The second-order valence-electron chi connectivity index (χ2n) is 4.01. The van der Waals surface area contributed by atoms with Crippen molar-refractivity contribution in [2.24, 2.45) is 0 Å². The van der Waals surface area contributed by atoms with E-state index in [-0.39, 0.29) is 6.61 Å². The molecule has 0 amide bonds. The topological polar surface area (TPSA) is 35.5 Å². The average molecular weight is 255 g/mol. The quantitative estimate of drug-likeness (QED) is 0.744. The summed E-state index contributed by atoms with van der Waals surface area (Å²) >= 11 is 0. The zero-order chi connectivity index (χ0) is 13.3. The monoisotopic (exact) mass is 255 g/mol. The highest BCUT2D eigenvalue weighted by Crippen LogP contribution is 2.04. The highest BCUT2D eigenvalue weighted by atomic mass is 16.6. The summed E-state index contributed by atoms with van der Waals surface area (Å²) in [5.41, 5.74) is 1.96. The second-order valence-corrected chi connectivity index (χ2v) is 4.01. The molecule has 0 bridgehead atoms. The lowest BCUT2D eigenvalue weighted by molar-refractivity contribution is -0.145. The molecule has 97 valence electrons. The van der Waals surface area contributed by atoms with Gasteiger partial charge < -0.3 is 9.47 Å². The van der Waals surface area contributed by atoms with Gasteiger partial charge in [-0.2, -0.15) is 0 Å². The molecule has 0 aliphatic heterocycles. The maximum atomic E-state index is 11.4. The zero-order valence-corrected chi connectivity index (χ0v) is 10.5. The summed E-state index contributed by atoms with van der Waals surface area (Å²) in [6.45, 7) is 1.72. The van der Waals surface area contributed by atoms with Crippen LogP contribution >= 0.6 is 0 Å². The van der Waals surface area contributed by atoms with Crippen molar-refractivity contribution in [3.8, 4) is 0 Å². The van der Waals surface area contributed by atoms with Crippen molar-refractivity contribution in [1.82, 2.24) is 0 Å². The molecule has 1 radical (unpaired) electrons. The Labute approximate surface area is 112 Å². The van der Waals surface area contributed by atoms with Gasteiger partial charge in [0.25, 0.3) is 0 Å². The molecule has 2 rings (SSSR count). The average Bonchev–Trinajstić information content (AvgIpc) is 2.47. The number of ether oxygens (including phenoxy) is 2. The van der Waals surface area contributed by atoms with Gasteiger partial charge in [0.2, 0.25) is 0 Å². The van der Waals surface area contributed by atoms with E-state index in [0.717, 1.165) is 17.7 Å². The van der Waals surface area contributed by atoms with Gasteiger partial charge in [0.15, 0.2) is 6.61 Å². The van der Waals surface area contributed by atoms with E-state index in [1.807, 2.05) is 60.7 Å². The van der Waals surface area contributed by atoms with Crippen LogP contribution < -0.4 is 0 Å². The number of carbonyl (C=O) groups excluding carboxylic acids is 1. The first-order valence-electron chi connectivity index (χ1n) is 6.04. The molecular weight excluding hydrogens is 240 g/mol. The Morgan fingerprint density at radius 3 is 1.95 bits per heavy atom. The van der Waals surface area contributed by atoms with Crippen molar-refractivity contribution in [1.29, 1.82) is 0 Å². The zero-order valence-electron chi connectivity index (χ0n) is 10.5. The van der Waals surface area contributed by atoms with Gasteiger partial charge >= 0.3 is 5.97 Å². The van der Waals surface area contributed by atoms with Crippen molar-refractivity contribution in [3.63, 3.8) is 0 Å². The minimum atomic E-state index is -0.472. The molecule has 2 aromatic rings. The first-order valence-corrected chi connectivity index (χ1v) is 6.04. The van der Waals surface area contributed by atoms with Crippen LogP contribution in [0.25, 0.3) is 0 Å². The molecule has 2 aromatic carbocycles. The van der Waals surface area contributed by atoms with Crippen LogP contribution in [0.4, 0.5) is 0 Å². The Kier molecular flexibility index (Phi) is 5.14. The normalized spacial score (nSPS) is 10.1. The van der Waals surface area contributed by atoms with Crippen LogP contribution in [0.3, 0.4) is 0 Å². The summed E-state index contributed by atoms with van der Waals surface area (Å²) in [6.07, 6.45) is 0. The maximum absolute atomic E-state index is 11.4. The van der Waals surface area contributed by atoms with Crippen LogP contribution in [0.1, 0.15) is 11.1 Å².